The normalized spacial score (nSPS) is 18.5. The molecule has 1 aliphatic heterocycles. The molecule has 0 aromatic carbocycles. The zero-order valence-corrected chi connectivity index (χ0v) is 12.3. The van der Waals surface area contributed by atoms with Crippen molar-refractivity contribution in [3.63, 3.8) is 0 Å². The molecule has 0 amide bonds. The van der Waals surface area contributed by atoms with Crippen LogP contribution in [0.1, 0.15) is 36.1 Å². The summed E-state index contributed by atoms with van der Waals surface area (Å²) in [4.78, 5) is 6.12. The van der Waals surface area contributed by atoms with Crippen molar-refractivity contribution in [2.75, 3.05) is 18.0 Å². The fraction of sp³-hybridized carbons (Fsp3) is 0.571. The molecule has 1 saturated heterocycles. The number of nitrogens with zero attached hydrogens (tertiary/aromatic N) is 3. The molecule has 2 rings (SSSR count). The molecule has 0 bridgehead atoms. The summed E-state index contributed by atoms with van der Waals surface area (Å²) in [7, 11) is 0. The summed E-state index contributed by atoms with van der Waals surface area (Å²) in [6, 6.07) is 2.09. The Kier molecular flexibility index (Phi) is 4.14. The third-order valence-electron chi connectivity index (χ3n) is 3.65. The molecule has 0 atom stereocenters. The van der Waals surface area contributed by atoms with E-state index in [9.17, 15) is 14.0 Å². The number of hydrogen-bond donors (Lipinski definition) is 0. The van der Waals surface area contributed by atoms with Crippen molar-refractivity contribution in [1.29, 1.82) is 5.26 Å². The molecule has 20 heavy (non-hydrogen) atoms. The Morgan fingerprint density at radius 2 is 2.00 bits per heavy atom. The van der Waals surface area contributed by atoms with Crippen LogP contribution in [0.3, 0.4) is 0 Å². The molecular formula is C14H16ClF2N3. The smallest absolute Gasteiger partial charge is 0.249 e. The number of halogens is 3. The summed E-state index contributed by atoms with van der Waals surface area (Å²) < 4.78 is 26.9. The van der Waals surface area contributed by atoms with Gasteiger partial charge in [0.15, 0.2) is 0 Å². The van der Waals surface area contributed by atoms with E-state index >= 15 is 0 Å². The van der Waals surface area contributed by atoms with Gasteiger partial charge in [0.1, 0.15) is 11.9 Å². The average Bonchev–Trinajstić information content (AvgIpc) is 2.57. The van der Waals surface area contributed by atoms with E-state index in [1.165, 1.54) is 0 Å². The van der Waals surface area contributed by atoms with Crippen LogP contribution in [0, 0.1) is 25.2 Å². The summed E-state index contributed by atoms with van der Waals surface area (Å²) in [5.41, 5.74) is 1.66. The number of anilines is 1. The lowest BCUT2D eigenvalue weighted by molar-refractivity contribution is -0.0102. The van der Waals surface area contributed by atoms with E-state index in [2.05, 4.69) is 11.1 Å². The summed E-state index contributed by atoms with van der Waals surface area (Å²) in [5, 5.41) is 9.76. The van der Waals surface area contributed by atoms with Gasteiger partial charge >= 0.3 is 0 Å². The minimum absolute atomic E-state index is 0.114. The average molecular weight is 300 g/mol. The Bertz CT molecular complexity index is 567. The maximum atomic E-state index is 13.4. The predicted molar refractivity (Wildman–Crippen MR) is 74.4 cm³/mol. The van der Waals surface area contributed by atoms with Crippen molar-refractivity contribution < 1.29 is 8.78 Å². The maximum absolute atomic E-state index is 13.4. The molecule has 0 aliphatic carbocycles. The Morgan fingerprint density at radius 3 is 2.65 bits per heavy atom. The minimum Gasteiger partial charge on any atom is -0.355 e. The molecule has 1 aromatic heterocycles. The molecule has 0 radical (unpaired) electrons. The molecule has 1 aliphatic rings. The highest BCUT2D eigenvalue weighted by Gasteiger charge is 2.33. The van der Waals surface area contributed by atoms with Crippen LogP contribution in [0.15, 0.2) is 0 Å². The van der Waals surface area contributed by atoms with Gasteiger partial charge in [-0.25, -0.2) is 13.8 Å². The van der Waals surface area contributed by atoms with Crippen LogP contribution in [0.5, 0.6) is 0 Å². The van der Waals surface area contributed by atoms with Crippen molar-refractivity contribution in [2.45, 2.75) is 39.0 Å². The van der Waals surface area contributed by atoms with Crippen LogP contribution in [-0.4, -0.2) is 24.0 Å². The molecule has 1 fully saturated rings. The van der Waals surface area contributed by atoms with Gasteiger partial charge in [0, 0.05) is 25.9 Å². The number of aromatic nitrogens is 1. The van der Waals surface area contributed by atoms with Gasteiger partial charge in [-0.2, -0.15) is 5.26 Å². The van der Waals surface area contributed by atoms with Crippen molar-refractivity contribution in [3.8, 4) is 6.07 Å². The summed E-state index contributed by atoms with van der Waals surface area (Å²) >= 11 is 6.10. The Morgan fingerprint density at radius 1 is 1.30 bits per heavy atom. The number of nitriles is 1. The highest BCUT2D eigenvalue weighted by molar-refractivity contribution is 6.32. The van der Waals surface area contributed by atoms with Crippen molar-refractivity contribution in [1.82, 2.24) is 4.98 Å². The maximum Gasteiger partial charge on any atom is 0.249 e. The Hall–Kier alpha value is -1.41. The zero-order chi connectivity index (χ0) is 14.9. The van der Waals surface area contributed by atoms with E-state index in [1.807, 2.05) is 0 Å². The van der Waals surface area contributed by atoms with Crippen molar-refractivity contribution in [2.24, 2.45) is 0 Å². The fourth-order valence-electron chi connectivity index (χ4n) is 2.45. The van der Waals surface area contributed by atoms with Crippen LogP contribution in [-0.2, 0) is 0 Å². The predicted octanol–water partition coefficient (Wildman–Crippen LogP) is 3.85. The molecule has 108 valence electrons. The van der Waals surface area contributed by atoms with E-state index in [1.54, 1.807) is 18.7 Å². The van der Waals surface area contributed by atoms with Gasteiger partial charge < -0.3 is 4.90 Å². The lowest BCUT2D eigenvalue weighted by Gasteiger charge is -2.24. The van der Waals surface area contributed by atoms with Gasteiger partial charge in [0.05, 0.1) is 16.3 Å². The van der Waals surface area contributed by atoms with Crippen LogP contribution < -0.4 is 4.90 Å². The number of pyridine rings is 1. The third kappa shape index (κ3) is 2.85. The van der Waals surface area contributed by atoms with E-state index in [4.69, 9.17) is 11.6 Å². The zero-order valence-electron chi connectivity index (χ0n) is 11.5. The number of aryl methyl sites for hydroxylation is 1. The van der Waals surface area contributed by atoms with Gasteiger partial charge in [-0.3, -0.25) is 0 Å². The molecule has 0 unspecified atom stereocenters. The molecule has 3 nitrogen and oxygen atoms in total. The third-order valence-corrected chi connectivity index (χ3v) is 4.21. The van der Waals surface area contributed by atoms with Crippen LogP contribution in [0.25, 0.3) is 0 Å². The van der Waals surface area contributed by atoms with E-state index in [0.29, 0.717) is 40.6 Å². The molecule has 0 saturated carbocycles. The molecule has 2 heterocycles. The van der Waals surface area contributed by atoms with Crippen LogP contribution >= 0.6 is 11.6 Å². The number of rotatable bonds is 1. The van der Waals surface area contributed by atoms with Crippen LogP contribution in [0.4, 0.5) is 14.6 Å². The lowest BCUT2D eigenvalue weighted by Crippen LogP contribution is -2.28. The SMILES string of the molecule is Cc1nc(N2CCCC(F)(F)CC2)c(C#N)c(C)c1Cl. The molecule has 6 heteroatoms. The number of alkyl halides is 2. The van der Waals surface area contributed by atoms with E-state index in [0.717, 1.165) is 0 Å². The van der Waals surface area contributed by atoms with Gasteiger partial charge in [-0.05, 0) is 25.8 Å². The fourth-order valence-corrected chi connectivity index (χ4v) is 2.59. The lowest BCUT2D eigenvalue weighted by atomic mass is 10.1. The van der Waals surface area contributed by atoms with Crippen LogP contribution in [0.2, 0.25) is 5.02 Å². The van der Waals surface area contributed by atoms with Crippen molar-refractivity contribution >= 4 is 17.4 Å². The molecule has 0 N–H and O–H groups in total. The standard InChI is InChI=1S/C14H16ClF2N3/c1-9-11(8-18)13(19-10(2)12(9)15)20-6-3-4-14(16,17)5-7-20/h3-7H2,1-2H3. The first-order valence-corrected chi connectivity index (χ1v) is 6.93. The second-order valence-electron chi connectivity index (χ2n) is 5.14. The highest BCUT2D eigenvalue weighted by atomic mass is 35.5. The Labute approximate surface area is 122 Å². The first-order chi connectivity index (χ1) is 9.35. The second-order valence-corrected chi connectivity index (χ2v) is 5.52. The molecule has 1 aromatic rings. The van der Waals surface area contributed by atoms with E-state index < -0.39 is 5.92 Å². The summed E-state index contributed by atoms with van der Waals surface area (Å²) in [6.07, 6.45) is 0.0669. The van der Waals surface area contributed by atoms with Crippen molar-refractivity contribution in [3.05, 3.63) is 21.8 Å². The largest absolute Gasteiger partial charge is 0.355 e. The molecular weight excluding hydrogens is 284 g/mol. The highest BCUT2D eigenvalue weighted by Crippen LogP contribution is 2.33. The second kappa shape index (κ2) is 5.53. The van der Waals surface area contributed by atoms with Gasteiger partial charge in [-0.1, -0.05) is 11.6 Å². The topological polar surface area (TPSA) is 39.9 Å². The monoisotopic (exact) mass is 299 g/mol. The first kappa shape index (κ1) is 15.0. The van der Waals surface area contributed by atoms with Gasteiger partial charge in [0.2, 0.25) is 5.92 Å². The minimum atomic E-state index is -2.63. The van der Waals surface area contributed by atoms with Gasteiger partial charge in [0.25, 0.3) is 0 Å². The number of hydrogen-bond acceptors (Lipinski definition) is 3. The van der Waals surface area contributed by atoms with E-state index in [-0.39, 0.29) is 19.4 Å². The molecule has 0 spiro atoms. The quantitative estimate of drug-likeness (QED) is 0.791. The van der Waals surface area contributed by atoms with Gasteiger partial charge in [-0.15, -0.1) is 0 Å². The first-order valence-electron chi connectivity index (χ1n) is 6.55. The Balaban J connectivity index is 2.40. The summed E-state index contributed by atoms with van der Waals surface area (Å²) in [5.74, 6) is -2.15. The summed E-state index contributed by atoms with van der Waals surface area (Å²) in [6.45, 7) is 4.20.